The van der Waals surface area contributed by atoms with Crippen LogP contribution in [0.25, 0.3) is 0 Å². The summed E-state index contributed by atoms with van der Waals surface area (Å²) in [5, 5.41) is 2.99. The van der Waals surface area contributed by atoms with E-state index in [1.165, 1.54) is 11.3 Å². The van der Waals surface area contributed by atoms with Gasteiger partial charge in [-0.2, -0.15) is 0 Å². The lowest BCUT2D eigenvalue weighted by atomic mass is 10.2. The number of hydrogen-bond donors (Lipinski definition) is 2. The molecule has 7 heteroatoms. The smallest absolute Gasteiger partial charge is 0.250 e. The molecule has 0 bridgehead atoms. The van der Waals surface area contributed by atoms with Crippen molar-refractivity contribution in [2.75, 3.05) is 27.3 Å². The largest absolute Gasteiger partial charge is 0.384 e. The van der Waals surface area contributed by atoms with Gasteiger partial charge in [0.15, 0.2) is 0 Å². The molecule has 1 unspecified atom stereocenters. The molecule has 0 aliphatic rings. The second-order valence-electron chi connectivity index (χ2n) is 4.16. The summed E-state index contributed by atoms with van der Waals surface area (Å²) in [6, 6.07) is 3.47. The molecular formula is C11H20N2O3S2. The van der Waals surface area contributed by atoms with Crippen LogP contribution >= 0.6 is 11.3 Å². The minimum atomic E-state index is -3.39. The Morgan fingerprint density at radius 2 is 2.17 bits per heavy atom. The molecule has 1 heterocycles. The molecular weight excluding hydrogens is 272 g/mol. The first-order chi connectivity index (χ1) is 8.49. The van der Waals surface area contributed by atoms with Gasteiger partial charge in [-0.3, -0.25) is 0 Å². The maximum absolute atomic E-state index is 12.0. The van der Waals surface area contributed by atoms with E-state index in [1.54, 1.807) is 13.2 Å². The van der Waals surface area contributed by atoms with E-state index >= 15 is 0 Å². The number of rotatable bonds is 8. The van der Waals surface area contributed by atoms with E-state index in [-0.39, 0.29) is 5.92 Å². The van der Waals surface area contributed by atoms with Gasteiger partial charge in [0.25, 0.3) is 0 Å². The highest BCUT2D eigenvalue weighted by Crippen LogP contribution is 2.21. The molecule has 0 saturated carbocycles. The Morgan fingerprint density at radius 1 is 1.44 bits per heavy atom. The molecule has 2 N–H and O–H groups in total. The van der Waals surface area contributed by atoms with Crippen molar-refractivity contribution < 1.29 is 13.2 Å². The molecule has 1 rings (SSSR count). The lowest BCUT2D eigenvalue weighted by Gasteiger charge is -2.10. The van der Waals surface area contributed by atoms with Crippen molar-refractivity contribution in [3.63, 3.8) is 0 Å². The molecule has 0 aromatic carbocycles. The summed E-state index contributed by atoms with van der Waals surface area (Å²) in [5.74, 6) is 0.154. The first-order valence-electron chi connectivity index (χ1n) is 5.71. The molecule has 0 fully saturated rings. The van der Waals surface area contributed by atoms with Crippen LogP contribution < -0.4 is 10.0 Å². The number of methoxy groups -OCH3 is 1. The Labute approximate surface area is 113 Å². The minimum absolute atomic E-state index is 0.154. The minimum Gasteiger partial charge on any atom is -0.384 e. The molecule has 5 nitrogen and oxygen atoms in total. The van der Waals surface area contributed by atoms with Crippen molar-refractivity contribution in [2.24, 2.45) is 5.92 Å². The maximum atomic E-state index is 12.0. The van der Waals surface area contributed by atoms with Crippen molar-refractivity contribution in [1.29, 1.82) is 0 Å². The summed E-state index contributed by atoms with van der Waals surface area (Å²) >= 11 is 1.29. The second kappa shape index (κ2) is 7.20. The highest BCUT2D eigenvalue weighted by atomic mass is 32.2. The van der Waals surface area contributed by atoms with Gasteiger partial charge >= 0.3 is 0 Å². The molecule has 0 amide bonds. The van der Waals surface area contributed by atoms with Gasteiger partial charge in [0.1, 0.15) is 4.21 Å². The van der Waals surface area contributed by atoms with Crippen molar-refractivity contribution in [3.8, 4) is 0 Å². The summed E-state index contributed by atoms with van der Waals surface area (Å²) in [4.78, 5) is 1.00. The highest BCUT2D eigenvalue weighted by Gasteiger charge is 2.17. The van der Waals surface area contributed by atoms with Crippen molar-refractivity contribution in [3.05, 3.63) is 17.0 Å². The Bertz CT molecular complexity index is 457. The normalized spacial score (nSPS) is 13.7. The van der Waals surface area contributed by atoms with Crippen LogP contribution in [0.2, 0.25) is 0 Å². The SMILES string of the molecule is CNCc1ccc(S(=O)(=O)NCC(C)COC)s1. The molecule has 1 aromatic heterocycles. The van der Waals surface area contributed by atoms with E-state index in [1.807, 2.05) is 20.0 Å². The number of ether oxygens (including phenoxy) is 1. The average molecular weight is 292 g/mol. The summed E-state index contributed by atoms with van der Waals surface area (Å²) in [7, 11) is 0.0514. The molecule has 18 heavy (non-hydrogen) atoms. The molecule has 0 aliphatic carbocycles. The van der Waals surface area contributed by atoms with Crippen LogP contribution in [0.5, 0.6) is 0 Å². The van der Waals surface area contributed by atoms with E-state index in [2.05, 4.69) is 10.0 Å². The highest BCUT2D eigenvalue weighted by molar-refractivity contribution is 7.91. The molecule has 104 valence electrons. The maximum Gasteiger partial charge on any atom is 0.250 e. The predicted octanol–water partition coefficient (Wildman–Crippen LogP) is 1.03. The first-order valence-corrected chi connectivity index (χ1v) is 8.01. The van der Waals surface area contributed by atoms with Crippen LogP contribution in [-0.2, 0) is 21.3 Å². The number of hydrogen-bond acceptors (Lipinski definition) is 5. The molecule has 0 spiro atoms. The number of sulfonamides is 1. The van der Waals surface area contributed by atoms with Crippen LogP contribution in [0.4, 0.5) is 0 Å². The zero-order valence-electron chi connectivity index (χ0n) is 10.9. The van der Waals surface area contributed by atoms with E-state index in [0.717, 1.165) is 4.88 Å². The fourth-order valence-corrected chi connectivity index (χ4v) is 4.02. The lowest BCUT2D eigenvalue weighted by Crippen LogP contribution is -2.29. The fraction of sp³-hybridized carbons (Fsp3) is 0.636. The lowest BCUT2D eigenvalue weighted by molar-refractivity contribution is 0.161. The molecule has 0 radical (unpaired) electrons. The van der Waals surface area contributed by atoms with Gasteiger partial charge in [-0.1, -0.05) is 6.92 Å². The van der Waals surface area contributed by atoms with E-state index < -0.39 is 10.0 Å². The Kier molecular flexibility index (Phi) is 6.24. The van der Waals surface area contributed by atoms with Gasteiger partial charge in [-0.15, -0.1) is 11.3 Å². The van der Waals surface area contributed by atoms with Gasteiger partial charge in [-0.05, 0) is 25.1 Å². The zero-order chi connectivity index (χ0) is 13.6. The van der Waals surface area contributed by atoms with Gasteiger partial charge in [0, 0.05) is 31.7 Å². The molecule has 0 aliphatic heterocycles. The summed E-state index contributed by atoms with van der Waals surface area (Å²) in [6.45, 7) is 3.54. The predicted molar refractivity (Wildman–Crippen MR) is 73.3 cm³/mol. The topological polar surface area (TPSA) is 67.4 Å². The zero-order valence-corrected chi connectivity index (χ0v) is 12.5. The summed E-state index contributed by atoms with van der Waals surface area (Å²) < 4.78 is 31.9. The fourth-order valence-electron chi connectivity index (χ4n) is 1.44. The van der Waals surface area contributed by atoms with Crippen LogP contribution in [-0.4, -0.2) is 35.7 Å². The van der Waals surface area contributed by atoms with Gasteiger partial charge in [-0.25, -0.2) is 13.1 Å². The van der Waals surface area contributed by atoms with E-state index in [0.29, 0.717) is 23.9 Å². The Morgan fingerprint density at radius 3 is 2.78 bits per heavy atom. The van der Waals surface area contributed by atoms with Crippen LogP contribution in [0.15, 0.2) is 16.3 Å². The first kappa shape index (κ1) is 15.6. The summed E-state index contributed by atoms with van der Waals surface area (Å²) in [6.07, 6.45) is 0. The summed E-state index contributed by atoms with van der Waals surface area (Å²) in [5.41, 5.74) is 0. The quantitative estimate of drug-likeness (QED) is 0.751. The molecule has 1 atom stereocenters. The van der Waals surface area contributed by atoms with Crippen LogP contribution in [0.1, 0.15) is 11.8 Å². The molecule has 1 aromatic rings. The van der Waals surface area contributed by atoms with Crippen LogP contribution in [0.3, 0.4) is 0 Å². The van der Waals surface area contributed by atoms with Crippen molar-refractivity contribution >= 4 is 21.4 Å². The van der Waals surface area contributed by atoms with Gasteiger partial charge in [0.05, 0.1) is 0 Å². The van der Waals surface area contributed by atoms with Gasteiger partial charge in [0.2, 0.25) is 10.0 Å². The Hall–Kier alpha value is -0.470. The number of thiophene rings is 1. The average Bonchev–Trinajstić information content (AvgIpc) is 2.77. The third-order valence-corrected chi connectivity index (χ3v) is 5.33. The van der Waals surface area contributed by atoms with Crippen LogP contribution in [0, 0.1) is 5.92 Å². The second-order valence-corrected chi connectivity index (χ2v) is 7.33. The van der Waals surface area contributed by atoms with E-state index in [4.69, 9.17) is 4.74 Å². The van der Waals surface area contributed by atoms with Crippen molar-refractivity contribution in [2.45, 2.75) is 17.7 Å². The Balaban J connectivity index is 2.62. The third-order valence-electron chi connectivity index (χ3n) is 2.33. The van der Waals surface area contributed by atoms with Gasteiger partial charge < -0.3 is 10.1 Å². The number of nitrogens with one attached hydrogen (secondary N) is 2. The van der Waals surface area contributed by atoms with E-state index in [9.17, 15) is 8.42 Å². The standard InChI is InChI=1S/C11H20N2O3S2/c1-9(8-16-3)6-13-18(14,15)11-5-4-10(17-11)7-12-2/h4-5,9,12-13H,6-8H2,1-3H3. The van der Waals surface area contributed by atoms with Crippen molar-refractivity contribution in [1.82, 2.24) is 10.0 Å². The third kappa shape index (κ3) is 4.66. The monoisotopic (exact) mass is 292 g/mol. The molecule has 0 saturated heterocycles.